The van der Waals surface area contributed by atoms with E-state index in [2.05, 4.69) is 10.6 Å². The van der Waals surface area contributed by atoms with Gasteiger partial charge in [0.05, 0.1) is 12.1 Å². The van der Waals surface area contributed by atoms with Crippen molar-refractivity contribution in [1.82, 2.24) is 4.57 Å². The van der Waals surface area contributed by atoms with Crippen molar-refractivity contribution in [3.05, 3.63) is 95.4 Å². The Morgan fingerprint density at radius 2 is 1.56 bits per heavy atom. The Kier molecular flexibility index (Phi) is 6.83. The zero-order valence-electron chi connectivity index (χ0n) is 19.5. The van der Waals surface area contributed by atoms with E-state index < -0.39 is 23.5 Å². The van der Waals surface area contributed by atoms with Crippen LogP contribution in [0.1, 0.15) is 35.5 Å². The molecule has 5 nitrogen and oxygen atoms in total. The molecule has 1 heterocycles. The van der Waals surface area contributed by atoms with Gasteiger partial charge in [0.2, 0.25) is 5.91 Å². The van der Waals surface area contributed by atoms with Crippen LogP contribution in [0.15, 0.2) is 72.8 Å². The minimum Gasteiger partial charge on any atom is -0.332 e. The Bertz CT molecular complexity index is 1420. The minimum atomic E-state index is -4.49. The molecule has 0 spiro atoms. The van der Waals surface area contributed by atoms with E-state index in [4.69, 9.17) is 0 Å². The summed E-state index contributed by atoms with van der Waals surface area (Å²) in [4.78, 5) is 25.3. The molecule has 36 heavy (non-hydrogen) atoms. The molecule has 4 aromatic rings. The number of rotatable bonds is 6. The molecule has 9 heteroatoms. The second-order valence-electron chi connectivity index (χ2n) is 8.65. The van der Waals surface area contributed by atoms with Gasteiger partial charge in [-0.2, -0.15) is 13.2 Å². The molecule has 0 aliphatic rings. The van der Waals surface area contributed by atoms with Gasteiger partial charge in [0.25, 0.3) is 5.91 Å². The molecule has 0 atom stereocenters. The van der Waals surface area contributed by atoms with E-state index in [1.54, 1.807) is 60.9 Å². The van der Waals surface area contributed by atoms with Gasteiger partial charge >= 0.3 is 6.18 Å². The van der Waals surface area contributed by atoms with Crippen molar-refractivity contribution in [2.24, 2.45) is 5.92 Å². The Morgan fingerprint density at radius 3 is 2.19 bits per heavy atom. The predicted octanol–water partition coefficient (Wildman–Crippen LogP) is 6.69. The van der Waals surface area contributed by atoms with Gasteiger partial charge in [-0.15, -0.1) is 0 Å². The molecule has 2 N–H and O–H groups in total. The van der Waals surface area contributed by atoms with Gasteiger partial charge in [-0.05, 0) is 54.6 Å². The van der Waals surface area contributed by atoms with Crippen molar-refractivity contribution in [3.8, 4) is 0 Å². The number of carbonyl (C=O) groups excluding carboxylic acids is 2. The third-order valence-corrected chi connectivity index (χ3v) is 5.68. The number of fused-ring (bicyclic) bond motifs is 1. The summed E-state index contributed by atoms with van der Waals surface area (Å²) >= 11 is 0. The van der Waals surface area contributed by atoms with E-state index in [1.165, 1.54) is 18.2 Å². The van der Waals surface area contributed by atoms with Crippen LogP contribution in [0.2, 0.25) is 0 Å². The third kappa shape index (κ3) is 5.40. The number of alkyl halides is 3. The molecule has 0 saturated heterocycles. The quantitative estimate of drug-likeness (QED) is 0.292. The van der Waals surface area contributed by atoms with Crippen LogP contribution in [-0.4, -0.2) is 16.4 Å². The monoisotopic (exact) mass is 497 g/mol. The zero-order valence-corrected chi connectivity index (χ0v) is 19.5. The standard InChI is InChI=1S/C27H23F4N3O2/c1-16(2)25(35)33-21-11-12-23-18(13-21)14-24(34(23)15-17-5-3-4-6-22(17)28)26(36)32-20-9-7-19(8-10-20)27(29,30)31/h3-14,16H,15H2,1-2H3,(H,32,36)(H,33,35). The molecule has 0 aliphatic carbocycles. The lowest BCUT2D eigenvalue weighted by molar-refractivity contribution is -0.137. The highest BCUT2D eigenvalue weighted by molar-refractivity contribution is 6.07. The van der Waals surface area contributed by atoms with Crippen LogP contribution >= 0.6 is 0 Å². The van der Waals surface area contributed by atoms with E-state index in [0.29, 0.717) is 22.2 Å². The van der Waals surface area contributed by atoms with Crippen LogP contribution < -0.4 is 10.6 Å². The van der Waals surface area contributed by atoms with Gasteiger partial charge in [0.15, 0.2) is 0 Å². The fraction of sp³-hybridized carbons (Fsp3) is 0.185. The van der Waals surface area contributed by atoms with E-state index in [9.17, 15) is 27.2 Å². The van der Waals surface area contributed by atoms with Crippen molar-refractivity contribution in [3.63, 3.8) is 0 Å². The maximum Gasteiger partial charge on any atom is 0.416 e. The zero-order chi connectivity index (χ0) is 26.0. The maximum absolute atomic E-state index is 14.4. The highest BCUT2D eigenvalue weighted by Gasteiger charge is 2.30. The number of aromatic nitrogens is 1. The van der Waals surface area contributed by atoms with E-state index in [0.717, 1.165) is 12.1 Å². The molecule has 0 aliphatic heterocycles. The van der Waals surface area contributed by atoms with E-state index in [-0.39, 0.29) is 29.8 Å². The minimum absolute atomic E-state index is 0.0453. The normalized spacial score (nSPS) is 11.6. The van der Waals surface area contributed by atoms with Gasteiger partial charge in [0, 0.05) is 33.8 Å². The molecule has 4 rings (SSSR count). The summed E-state index contributed by atoms with van der Waals surface area (Å²) in [6, 6.07) is 17.0. The molecular formula is C27H23F4N3O2. The van der Waals surface area contributed by atoms with Crippen molar-refractivity contribution < 1.29 is 27.2 Å². The Morgan fingerprint density at radius 1 is 0.889 bits per heavy atom. The lowest BCUT2D eigenvalue weighted by atomic mass is 10.2. The van der Waals surface area contributed by atoms with Crippen LogP contribution in [0.5, 0.6) is 0 Å². The summed E-state index contributed by atoms with van der Waals surface area (Å²) in [5, 5.41) is 6.05. The van der Waals surface area contributed by atoms with Crippen molar-refractivity contribution in [2.75, 3.05) is 10.6 Å². The van der Waals surface area contributed by atoms with Crippen LogP contribution in [0.4, 0.5) is 28.9 Å². The second-order valence-corrected chi connectivity index (χ2v) is 8.65. The lowest BCUT2D eigenvalue weighted by Gasteiger charge is -2.13. The number of anilines is 2. The lowest BCUT2D eigenvalue weighted by Crippen LogP contribution is -2.18. The Hall–Kier alpha value is -4.14. The van der Waals surface area contributed by atoms with Gasteiger partial charge < -0.3 is 15.2 Å². The van der Waals surface area contributed by atoms with Crippen LogP contribution in [0.3, 0.4) is 0 Å². The first kappa shape index (κ1) is 25.0. The first-order valence-electron chi connectivity index (χ1n) is 11.2. The SMILES string of the molecule is CC(C)C(=O)Nc1ccc2c(c1)cc(C(=O)Nc1ccc(C(F)(F)F)cc1)n2Cc1ccccc1F. The number of halogens is 4. The van der Waals surface area contributed by atoms with Crippen molar-refractivity contribution in [1.29, 1.82) is 0 Å². The van der Waals surface area contributed by atoms with E-state index in [1.807, 2.05) is 0 Å². The predicted molar refractivity (Wildman–Crippen MR) is 130 cm³/mol. The molecule has 0 fully saturated rings. The average molecular weight is 497 g/mol. The number of hydrogen-bond acceptors (Lipinski definition) is 2. The summed E-state index contributed by atoms with van der Waals surface area (Å²) in [6.45, 7) is 3.58. The smallest absolute Gasteiger partial charge is 0.332 e. The van der Waals surface area contributed by atoms with E-state index >= 15 is 0 Å². The Labute approximate surface area is 204 Å². The summed E-state index contributed by atoms with van der Waals surface area (Å²) in [5.41, 5.74) is 1.05. The highest BCUT2D eigenvalue weighted by Crippen LogP contribution is 2.30. The maximum atomic E-state index is 14.4. The van der Waals surface area contributed by atoms with Gasteiger partial charge in [-0.1, -0.05) is 32.0 Å². The largest absolute Gasteiger partial charge is 0.416 e. The summed E-state index contributed by atoms with van der Waals surface area (Å²) in [6.07, 6.45) is -4.49. The molecule has 0 radical (unpaired) electrons. The summed E-state index contributed by atoms with van der Waals surface area (Å²) < 4.78 is 54.6. The number of benzene rings is 3. The molecule has 186 valence electrons. The molecule has 1 aromatic heterocycles. The Balaban J connectivity index is 1.71. The second kappa shape index (κ2) is 9.85. The number of nitrogens with one attached hydrogen (secondary N) is 2. The molecule has 0 saturated carbocycles. The van der Waals surface area contributed by atoms with Crippen LogP contribution in [-0.2, 0) is 17.5 Å². The summed E-state index contributed by atoms with van der Waals surface area (Å²) in [5.74, 6) is -1.40. The van der Waals surface area contributed by atoms with Crippen LogP contribution in [0, 0.1) is 11.7 Å². The van der Waals surface area contributed by atoms with Crippen LogP contribution in [0.25, 0.3) is 10.9 Å². The number of hydrogen-bond donors (Lipinski definition) is 2. The topological polar surface area (TPSA) is 63.1 Å². The fourth-order valence-corrected chi connectivity index (χ4v) is 3.73. The summed E-state index contributed by atoms with van der Waals surface area (Å²) in [7, 11) is 0. The first-order chi connectivity index (χ1) is 17.0. The fourth-order valence-electron chi connectivity index (χ4n) is 3.73. The van der Waals surface area contributed by atoms with Crippen molar-refractivity contribution >= 4 is 34.1 Å². The molecule has 2 amide bonds. The van der Waals surface area contributed by atoms with Crippen molar-refractivity contribution in [2.45, 2.75) is 26.6 Å². The average Bonchev–Trinajstić information content (AvgIpc) is 3.18. The molecular weight excluding hydrogens is 474 g/mol. The van der Waals surface area contributed by atoms with Gasteiger partial charge in [-0.3, -0.25) is 9.59 Å². The molecule has 0 bridgehead atoms. The number of nitrogens with zero attached hydrogens (tertiary/aromatic N) is 1. The number of amides is 2. The highest BCUT2D eigenvalue weighted by atomic mass is 19.4. The third-order valence-electron chi connectivity index (χ3n) is 5.68. The van der Waals surface area contributed by atoms with Gasteiger partial charge in [-0.25, -0.2) is 4.39 Å². The molecule has 3 aromatic carbocycles. The van der Waals surface area contributed by atoms with Gasteiger partial charge in [0.1, 0.15) is 11.5 Å². The first-order valence-corrected chi connectivity index (χ1v) is 11.2. The number of carbonyl (C=O) groups is 2. The molecule has 0 unspecified atom stereocenters.